The average Bonchev–Trinajstić information content (AvgIpc) is 2.84. The second-order valence-electron chi connectivity index (χ2n) is 8.65. The third-order valence-electron chi connectivity index (χ3n) is 6.15. The van der Waals surface area contributed by atoms with E-state index in [9.17, 15) is 23.3 Å². The Bertz CT molecular complexity index is 1160. The molecule has 2 aromatic rings. The van der Waals surface area contributed by atoms with Crippen molar-refractivity contribution in [2.24, 2.45) is 5.92 Å². The first-order valence-electron chi connectivity index (χ1n) is 11.3. The molecule has 0 radical (unpaired) electrons. The molecule has 1 unspecified atom stereocenters. The largest absolute Gasteiger partial charge is 0.379 e. The van der Waals surface area contributed by atoms with Gasteiger partial charge in [0.2, 0.25) is 10.0 Å². The van der Waals surface area contributed by atoms with Crippen LogP contribution in [0, 0.1) is 16.0 Å². The van der Waals surface area contributed by atoms with Crippen molar-refractivity contribution in [3.05, 3.63) is 58.1 Å². The Balaban J connectivity index is 1.49. The van der Waals surface area contributed by atoms with Crippen LogP contribution in [0.2, 0.25) is 0 Å². The summed E-state index contributed by atoms with van der Waals surface area (Å²) >= 11 is 0. The van der Waals surface area contributed by atoms with Crippen LogP contribution in [0.5, 0.6) is 0 Å². The first-order valence-corrected chi connectivity index (χ1v) is 12.7. The fourth-order valence-corrected chi connectivity index (χ4v) is 5.74. The highest BCUT2D eigenvalue weighted by molar-refractivity contribution is 7.89. The lowest BCUT2D eigenvalue weighted by Crippen LogP contribution is -2.40. The number of hydrogen-bond acceptors (Lipinski definition) is 7. The molecule has 0 aliphatic carbocycles. The first-order chi connectivity index (χ1) is 16.3. The number of amides is 1. The summed E-state index contributed by atoms with van der Waals surface area (Å²) in [4.78, 5) is 26.2. The molecule has 1 N–H and O–H groups in total. The molecule has 0 aromatic heterocycles. The molecule has 2 heterocycles. The van der Waals surface area contributed by atoms with E-state index in [0.717, 1.165) is 25.9 Å². The monoisotopic (exact) mass is 488 g/mol. The number of ether oxygens (including phenoxy) is 1. The summed E-state index contributed by atoms with van der Waals surface area (Å²) in [6.07, 6.45) is 2.06. The molecule has 34 heavy (non-hydrogen) atoms. The molecule has 0 spiro atoms. The van der Waals surface area contributed by atoms with Crippen LogP contribution in [0.25, 0.3) is 0 Å². The number of rotatable bonds is 6. The highest BCUT2D eigenvalue weighted by atomic mass is 32.2. The van der Waals surface area contributed by atoms with E-state index < -0.39 is 20.9 Å². The van der Waals surface area contributed by atoms with Crippen molar-refractivity contribution in [3.8, 4) is 0 Å². The lowest BCUT2D eigenvalue weighted by Gasteiger charge is -2.32. The van der Waals surface area contributed by atoms with Gasteiger partial charge in [-0.15, -0.1) is 0 Å². The fourth-order valence-electron chi connectivity index (χ4n) is 4.34. The molecule has 0 saturated carbocycles. The predicted molar refractivity (Wildman–Crippen MR) is 128 cm³/mol. The van der Waals surface area contributed by atoms with Crippen LogP contribution in [0.15, 0.2) is 47.4 Å². The summed E-state index contributed by atoms with van der Waals surface area (Å²) in [5.41, 5.74) is 0.965. The number of nitro benzene ring substituents is 1. The average molecular weight is 489 g/mol. The lowest BCUT2D eigenvalue weighted by molar-refractivity contribution is -0.384. The summed E-state index contributed by atoms with van der Waals surface area (Å²) in [7, 11) is -3.63. The summed E-state index contributed by atoms with van der Waals surface area (Å²) in [5, 5.41) is 14.4. The van der Waals surface area contributed by atoms with E-state index in [1.807, 2.05) is 4.90 Å². The van der Waals surface area contributed by atoms with E-state index >= 15 is 0 Å². The van der Waals surface area contributed by atoms with Crippen LogP contribution in [0.1, 0.15) is 30.1 Å². The molecule has 10 nitrogen and oxygen atoms in total. The minimum absolute atomic E-state index is 0.103. The van der Waals surface area contributed by atoms with Gasteiger partial charge in [-0.2, -0.15) is 4.31 Å². The summed E-state index contributed by atoms with van der Waals surface area (Å²) in [6, 6.07) is 10.4. The van der Waals surface area contributed by atoms with Crippen LogP contribution in [-0.4, -0.2) is 62.9 Å². The number of hydrogen-bond donors (Lipinski definition) is 1. The van der Waals surface area contributed by atoms with Gasteiger partial charge in [0.1, 0.15) is 5.69 Å². The zero-order chi connectivity index (χ0) is 24.3. The van der Waals surface area contributed by atoms with Gasteiger partial charge in [-0.3, -0.25) is 14.9 Å². The third-order valence-corrected chi connectivity index (χ3v) is 8.06. The number of nitrogens with one attached hydrogen (secondary N) is 1. The summed E-state index contributed by atoms with van der Waals surface area (Å²) in [5.74, 6) is -0.0585. The molecule has 0 bridgehead atoms. The molecule has 182 valence electrons. The van der Waals surface area contributed by atoms with Gasteiger partial charge in [-0.05, 0) is 55.2 Å². The molecule has 4 rings (SSSR count). The van der Waals surface area contributed by atoms with E-state index in [-0.39, 0.29) is 16.1 Å². The Morgan fingerprint density at radius 1 is 1.12 bits per heavy atom. The van der Waals surface area contributed by atoms with Crippen molar-refractivity contribution in [1.82, 2.24) is 4.31 Å². The molecule has 2 saturated heterocycles. The zero-order valence-corrected chi connectivity index (χ0v) is 19.8. The van der Waals surface area contributed by atoms with Crippen molar-refractivity contribution in [2.75, 3.05) is 49.6 Å². The highest BCUT2D eigenvalue weighted by Gasteiger charge is 2.27. The number of nitrogens with zero attached hydrogens (tertiary/aromatic N) is 3. The SMILES string of the molecule is CC1CCCN(c2ccc(C(=O)Nc3ccc(S(=O)(=O)N4CCOCC4)cc3)cc2[N+](=O)[O-])C1. The number of anilines is 2. The van der Waals surface area contributed by atoms with Crippen LogP contribution in [0.3, 0.4) is 0 Å². The van der Waals surface area contributed by atoms with Crippen molar-refractivity contribution in [2.45, 2.75) is 24.7 Å². The fraction of sp³-hybridized carbons (Fsp3) is 0.435. The number of benzene rings is 2. The summed E-state index contributed by atoms with van der Waals surface area (Å²) < 4.78 is 32.1. The molecular formula is C23H28N4O6S. The Morgan fingerprint density at radius 3 is 2.47 bits per heavy atom. The third kappa shape index (κ3) is 5.21. The van der Waals surface area contributed by atoms with Gasteiger partial charge in [0.25, 0.3) is 11.6 Å². The van der Waals surface area contributed by atoms with Gasteiger partial charge in [-0.25, -0.2) is 8.42 Å². The Morgan fingerprint density at radius 2 is 1.82 bits per heavy atom. The van der Waals surface area contributed by atoms with Crippen LogP contribution in [0.4, 0.5) is 17.1 Å². The maximum Gasteiger partial charge on any atom is 0.293 e. The van der Waals surface area contributed by atoms with Crippen LogP contribution < -0.4 is 10.2 Å². The molecule has 2 aliphatic rings. The standard InChI is InChI=1S/C23H28N4O6S/c1-17-3-2-10-25(16-17)21-9-4-18(15-22(21)27(29)30)23(28)24-19-5-7-20(8-6-19)34(31,32)26-11-13-33-14-12-26/h4-9,15,17H,2-3,10-14,16H2,1H3,(H,24,28). The Kier molecular flexibility index (Phi) is 7.15. The van der Waals surface area contributed by atoms with E-state index in [4.69, 9.17) is 4.74 Å². The number of piperidine rings is 1. The molecule has 1 amide bonds. The Hall–Kier alpha value is -3.02. The van der Waals surface area contributed by atoms with Crippen LogP contribution in [-0.2, 0) is 14.8 Å². The molecule has 1 atom stereocenters. The van der Waals surface area contributed by atoms with E-state index in [1.54, 1.807) is 12.1 Å². The number of nitro groups is 1. The van der Waals surface area contributed by atoms with Gasteiger partial charge < -0.3 is 15.0 Å². The number of carbonyl (C=O) groups is 1. The van der Waals surface area contributed by atoms with Gasteiger partial charge in [0.05, 0.1) is 23.0 Å². The number of sulfonamides is 1. The topological polar surface area (TPSA) is 122 Å². The van der Waals surface area contributed by atoms with E-state index in [1.165, 1.54) is 34.6 Å². The van der Waals surface area contributed by atoms with Crippen LogP contribution >= 0.6 is 0 Å². The van der Waals surface area contributed by atoms with Gasteiger partial charge in [0.15, 0.2) is 0 Å². The van der Waals surface area contributed by atoms with Crippen molar-refractivity contribution < 1.29 is 22.9 Å². The van der Waals surface area contributed by atoms with Crippen molar-refractivity contribution in [1.29, 1.82) is 0 Å². The zero-order valence-electron chi connectivity index (χ0n) is 19.0. The smallest absolute Gasteiger partial charge is 0.293 e. The quantitative estimate of drug-likeness (QED) is 0.490. The molecular weight excluding hydrogens is 460 g/mol. The predicted octanol–water partition coefficient (Wildman–Crippen LogP) is 3.10. The molecule has 2 aliphatic heterocycles. The molecule has 2 aromatic carbocycles. The van der Waals surface area contributed by atoms with Gasteiger partial charge >= 0.3 is 0 Å². The summed E-state index contributed by atoms with van der Waals surface area (Å²) in [6.45, 7) is 4.92. The van der Waals surface area contributed by atoms with E-state index in [2.05, 4.69) is 12.2 Å². The number of carbonyl (C=O) groups excluding carboxylic acids is 1. The molecule has 11 heteroatoms. The number of morpholine rings is 1. The van der Waals surface area contributed by atoms with Gasteiger partial charge in [-0.1, -0.05) is 6.92 Å². The maximum absolute atomic E-state index is 12.8. The molecule has 2 fully saturated rings. The van der Waals surface area contributed by atoms with Gasteiger partial charge in [0, 0.05) is 43.5 Å². The highest BCUT2D eigenvalue weighted by Crippen LogP contribution is 2.32. The maximum atomic E-state index is 12.8. The second kappa shape index (κ2) is 10.1. The van der Waals surface area contributed by atoms with Crippen molar-refractivity contribution >= 4 is 33.0 Å². The minimum Gasteiger partial charge on any atom is -0.379 e. The normalized spacial score (nSPS) is 19.6. The van der Waals surface area contributed by atoms with Crippen molar-refractivity contribution in [3.63, 3.8) is 0 Å². The first kappa shape index (κ1) is 24.1. The second-order valence-corrected chi connectivity index (χ2v) is 10.6. The minimum atomic E-state index is -3.63. The lowest BCUT2D eigenvalue weighted by atomic mass is 9.99. The Labute approximate surface area is 198 Å². The van der Waals surface area contributed by atoms with E-state index in [0.29, 0.717) is 43.6 Å².